The summed E-state index contributed by atoms with van der Waals surface area (Å²) in [6.07, 6.45) is 5.21. The second kappa shape index (κ2) is 5.93. The van der Waals surface area contributed by atoms with Crippen molar-refractivity contribution >= 4 is 28.9 Å². The summed E-state index contributed by atoms with van der Waals surface area (Å²) in [5, 5.41) is 4.90. The average molecular weight is 300 g/mol. The quantitative estimate of drug-likeness (QED) is 0.705. The molecule has 0 heterocycles. The van der Waals surface area contributed by atoms with Crippen molar-refractivity contribution in [1.29, 1.82) is 0 Å². The van der Waals surface area contributed by atoms with E-state index >= 15 is 0 Å². The van der Waals surface area contributed by atoms with E-state index in [1.165, 1.54) is 25.7 Å². The zero-order valence-electron chi connectivity index (χ0n) is 12.0. The Hall–Kier alpha value is -0.400. The average Bonchev–Trinajstić information content (AvgIpc) is 2.33. The van der Waals surface area contributed by atoms with Crippen molar-refractivity contribution in [2.24, 2.45) is 11.3 Å². The van der Waals surface area contributed by atoms with E-state index in [2.05, 4.69) is 26.1 Å². The van der Waals surface area contributed by atoms with Crippen LogP contribution in [0.25, 0.3) is 0 Å². The first-order valence-corrected chi connectivity index (χ1v) is 7.85. The van der Waals surface area contributed by atoms with Gasteiger partial charge in [0.2, 0.25) is 0 Å². The molecular weight excluding hydrogens is 277 g/mol. The molecule has 0 aromatic heterocycles. The highest BCUT2D eigenvalue weighted by molar-refractivity contribution is 6.42. The van der Waals surface area contributed by atoms with E-state index in [-0.39, 0.29) is 0 Å². The molecule has 1 fully saturated rings. The second-order valence-corrected chi connectivity index (χ2v) is 7.45. The number of anilines is 1. The molecule has 2 atom stereocenters. The minimum absolute atomic E-state index is 0.342. The monoisotopic (exact) mass is 299 g/mol. The van der Waals surface area contributed by atoms with Crippen LogP contribution in [0.3, 0.4) is 0 Å². The summed E-state index contributed by atoms with van der Waals surface area (Å²) in [6.45, 7) is 7.02. The summed E-state index contributed by atoms with van der Waals surface area (Å²) in [7, 11) is 0. The van der Waals surface area contributed by atoms with Crippen LogP contribution in [0.1, 0.15) is 46.5 Å². The molecule has 1 N–H and O–H groups in total. The van der Waals surface area contributed by atoms with Crippen LogP contribution in [0.4, 0.5) is 5.69 Å². The summed E-state index contributed by atoms with van der Waals surface area (Å²) in [5.41, 5.74) is 1.42. The van der Waals surface area contributed by atoms with Gasteiger partial charge in [-0.1, -0.05) is 56.8 Å². The summed E-state index contributed by atoms with van der Waals surface area (Å²) >= 11 is 12.1. The van der Waals surface area contributed by atoms with Gasteiger partial charge in [0.15, 0.2) is 0 Å². The lowest BCUT2D eigenvalue weighted by molar-refractivity contribution is 0.163. The fourth-order valence-corrected chi connectivity index (χ4v) is 3.44. The Labute approximate surface area is 126 Å². The van der Waals surface area contributed by atoms with Crippen LogP contribution < -0.4 is 5.32 Å². The fourth-order valence-electron chi connectivity index (χ4n) is 3.14. The minimum atomic E-state index is 0.342. The predicted octanol–water partition coefficient (Wildman–Crippen LogP) is 6.01. The molecule has 0 aliphatic heterocycles. The Morgan fingerprint density at radius 1 is 1.05 bits per heavy atom. The maximum atomic E-state index is 6.09. The van der Waals surface area contributed by atoms with E-state index < -0.39 is 0 Å². The second-order valence-electron chi connectivity index (χ2n) is 6.64. The Morgan fingerprint density at radius 3 is 2.37 bits per heavy atom. The van der Waals surface area contributed by atoms with Gasteiger partial charge in [0.1, 0.15) is 0 Å². The zero-order valence-corrected chi connectivity index (χ0v) is 13.5. The molecule has 0 amide bonds. The van der Waals surface area contributed by atoms with Crippen molar-refractivity contribution in [2.45, 2.75) is 52.5 Å². The van der Waals surface area contributed by atoms with E-state index in [9.17, 15) is 0 Å². The first kappa shape index (κ1) is 15.0. The van der Waals surface area contributed by atoms with Crippen molar-refractivity contribution < 1.29 is 0 Å². The van der Waals surface area contributed by atoms with Crippen LogP contribution in [0, 0.1) is 11.3 Å². The van der Waals surface area contributed by atoms with E-state index in [0.717, 1.165) is 5.69 Å². The highest BCUT2D eigenvalue weighted by Gasteiger charge is 2.33. The normalized spacial score (nSPS) is 24.3. The van der Waals surface area contributed by atoms with Gasteiger partial charge in [0.05, 0.1) is 10.0 Å². The van der Waals surface area contributed by atoms with E-state index in [0.29, 0.717) is 27.4 Å². The van der Waals surface area contributed by atoms with Gasteiger partial charge >= 0.3 is 0 Å². The van der Waals surface area contributed by atoms with Crippen molar-refractivity contribution in [3.05, 3.63) is 28.2 Å². The maximum Gasteiger partial charge on any atom is 0.0612 e. The van der Waals surface area contributed by atoms with Crippen LogP contribution in [-0.2, 0) is 0 Å². The van der Waals surface area contributed by atoms with Gasteiger partial charge in [-0.3, -0.25) is 0 Å². The summed E-state index contributed by atoms with van der Waals surface area (Å²) in [4.78, 5) is 0. The molecule has 3 heteroatoms. The van der Waals surface area contributed by atoms with Gasteiger partial charge in [0.25, 0.3) is 0 Å². The Balaban J connectivity index is 2.13. The summed E-state index contributed by atoms with van der Waals surface area (Å²) in [6, 6.07) is 6.34. The molecule has 0 spiro atoms. The van der Waals surface area contributed by atoms with Crippen molar-refractivity contribution in [1.82, 2.24) is 0 Å². The van der Waals surface area contributed by atoms with Gasteiger partial charge in [-0.2, -0.15) is 0 Å². The summed E-state index contributed by atoms with van der Waals surface area (Å²) in [5.74, 6) is 0.704. The molecule has 19 heavy (non-hydrogen) atoms. The van der Waals surface area contributed by atoms with Gasteiger partial charge in [-0.15, -0.1) is 0 Å². The number of hydrogen-bond donors (Lipinski definition) is 1. The lowest BCUT2D eigenvalue weighted by atomic mass is 9.69. The third kappa shape index (κ3) is 3.79. The van der Waals surface area contributed by atoms with Crippen LogP contribution >= 0.6 is 23.2 Å². The molecular formula is C16H23Cl2N. The van der Waals surface area contributed by atoms with Crippen LogP contribution in [-0.4, -0.2) is 6.04 Å². The molecule has 0 saturated heterocycles. The molecule has 1 saturated carbocycles. The molecule has 1 aromatic carbocycles. The van der Waals surface area contributed by atoms with E-state index in [1.807, 2.05) is 18.2 Å². The zero-order chi connectivity index (χ0) is 14.0. The number of hydrogen-bond acceptors (Lipinski definition) is 1. The van der Waals surface area contributed by atoms with Gasteiger partial charge in [-0.25, -0.2) is 0 Å². The number of rotatable bonds is 2. The van der Waals surface area contributed by atoms with Gasteiger partial charge in [0, 0.05) is 11.7 Å². The molecule has 1 aliphatic carbocycles. The molecule has 106 valence electrons. The van der Waals surface area contributed by atoms with E-state index in [4.69, 9.17) is 23.2 Å². The van der Waals surface area contributed by atoms with Crippen LogP contribution in [0.5, 0.6) is 0 Å². The Kier molecular flexibility index (Phi) is 4.68. The summed E-state index contributed by atoms with van der Waals surface area (Å²) < 4.78 is 0. The van der Waals surface area contributed by atoms with Gasteiger partial charge < -0.3 is 5.32 Å². The molecule has 2 rings (SSSR count). The molecule has 2 unspecified atom stereocenters. The van der Waals surface area contributed by atoms with Crippen molar-refractivity contribution in [3.8, 4) is 0 Å². The molecule has 1 aromatic rings. The predicted molar refractivity (Wildman–Crippen MR) is 85.3 cm³/mol. The Morgan fingerprint density at radius 2 is 1.74 bits per heavy atom. The van der Waals surface area contributed by atoms with Crippen LogP contribution in [0.2, 0.25) is 10.0 Å². The maximum absolute atomic E-state index is 6.09. The molecule has 0 bridgehead atoms. The fraction of sp³-hybridized carbons (Fsp3) is 0.625. The molecule has 1 aliphatic rings. The van der Waals surface area contributed by atoms with E-state index in [1.54, 1.807) is 0 Å². The molecule has 1 nitrogen and oxygen atoms in total. The van der Waals surface area contributed by atoms with Gasteiger partial charge in [-0.05, 0) is 42.4 Å². The largest absolute Gasteiger partial charge is 0.382 e. The standard InChI is InChI=1S/C16H23Cl2N/c1-16(2,3)12-6-4-5-7-15(12)19-11-8-9-13(17)14(18)10-11/h8-10,12,15,19H,4-7H2,1-3H3. The molecule has 0 radical (unpaired) electrons. The van der Waals surface area contributed by atoms with Crippen molar-refractivity contribution in [3.63, 3.8) is 0 Å². The first-order valence-electron chi connectivity index (χ1n) is 7.09. The Bertz CT molecular complexity index is 437. The third-order valence-electron chi connectivity index (χ3n) is 4.15. The number of halogens is 2. The number of benzene rings is 1. The first-order chi connectivity index (χ1) is 8.88. The highest BCUT2D eigenvalue weighted by atomic mass is 35.5. The third-order valence-corrected chi connectivity index (χ3v) is 4.89. The number of nitrogens with one attached hydrogen (secondary N) is 1. The SMILES string of the molecule is CC(C)(C)C1CCCCC1Nc1ccc(Cl)c(Cl)c1. The van der Waals surface area contributed by atoms with Crippen molar-refractivity contribution in [2.75, 3.05) is 5.32 Å². The lowest BCUT2D eigenvalue weighted by Gasteiger charge is -2.41. The smallest absolute Gasteiger partial charge is 0.0612 e. The van der Waals surface area contributed by atoms with Crippen LogP contribution in [0.15, 0.2) is 18.2 Å². The highest BCUT2D eigenvalue weighted by Crippen LogP contribution is 2.39. The minimum Gasteiger partial charge on any atom is -0.382 e. The topological polar surface area (TPSA) is 12.0 Å². The lowest BCUT2D eigenvalue weighted by Crippen LogP contribution is -2.39.